The number of allylic oxidation sites excluding steroid dienone is 4. The van der Waals surface area contributed by atoms with Crippen LogP contribution in [-0.2, 0) is 0 Å². The van der Waals surface area contributed by atoms with E-state index in [0.29, 0.717) is 5.82 Å². The van der Waals surface area contributed by atoms with Crippen LogP contribution in [0.1, 0.15) is 18.7 Å². The molecule has 0 fully saturated rings. The Morgan fingerprint density at radius 3 is 2.60 bits per heavy atom. The molecule has 0 amide bonds. The van der Waals surface area contributed by atoms with Crippen LogP contribution in [0.2, 0.25) is 5.15 Å². The van der Waals surface area contributed by atoms with Crippen LogP contribution in [0.4, 0.5) is 11.5 Å². The third-order valence-corrected chi connectivity index (χ3v) is 2.47. The minimum Gasteiger partial charge on any atom is -0.393 e. The van der Waals surface area contributed by atoms with E-state index in [1.807, 2.05) is 6.08 Å². The highest BCUT2D eigenvalue weighted by atomic mass is 35.5. The summed E-state index contributed by atoms with van der Waals surface area (Å²) in [7, 11) is 0. The zero-order chi connectivity index (χ0) is 10.8. The fourth-order valence-electron chi connectivity index (χ4n) is 1.37. The maximum atomic E-state index is 5.83. The number of nitrogen functional groups attached to an aromatic ring is 2. The molecule has 0 atom stereocenters. The van der Waals surface area contributed by atoms with Crippen molar-refractivity contribution in [1.82, 2.24) is 9.97 Å². The Hall–Kier alpha value is -1.55. The highest BCUT2D eigenvalue weighted by Crippen LogP contribution is 2.25. The molecule has 5 heteroatoms. The van der Waals surface area contributed by atoms with Crippen LogP contribution < -0.4 is 11.5 Å². The number of hydrogen-bond acceptors (Lipinski definition) is 4. The summed E-state index contributed by atoms with van der Waals surface area (Å²) < 4.78 is 0. The molecule has 1 aliphatic carbocycles. The second-order valence-electron chi connectivity index (χ2n) is 3.28. The second-order valence-corrected chi connectivity index (χ2v) is 3.63. The van der Waals surface area contributed by atoms with Crippen molar-refractivity contribution < 1.29 is 0 Å². The van der Waals surface area contributed by atoms with Crippen molar-refractivity contribution >= 4 is 28.7 Å². The van der Waals surface area contributed by atoms with Crippen LogP contribution in [-0.4, -0.2) is 9.97 Å². The fraction of sp³-hybridized carbons (Fsp3) is 0.200. The Morgan fingerprint density at radius 2 is 2.00 bits per heavy atom. The van der Waals surface area contributed by atoms with Gasteiger partial charge in [-0.15, -0.1) is 0 Å². The molecule has 0 unspecified atom stereocenters. The molecule has 1 aromatic rings. The Morgan fingerprint density at radius 1 is 1.20 bits per heavy atom. The first-order valence-electron chi connectivity index (χ1n) is 4.64. The van der Waals surface area contributed by atoms with Crippen LogP contribution in [0.5, 0.6) is 0 Å². The van der Waals surface area contributed by atoms with Gasteiger partial charge in [0, 0.05) is 5.57 Å². The normalized spacial score (nSPS) is 15.1. The van der Waals surface area contributed by atoms with Crippen molar-refractivity contribution in [3.63, 3.8) is 0 Å². The first-order chi connectivity index (χ1) is 7.18. The van der Waals surface area contributed by atoms with E-state index in [4.69, 9.17) is 23.1 Å². The summed E-state index contributed by atoms with van der Waals surface area (Å²) in [4.78, 5) is 8.18. The monoisotopic (exact) mass is 222 g/mol. The minimum absolute atomic E-state index is 0.206. The first kappa shape index (κ1) is 9.98. The van der Waals surface area contributed by atoms with Crippen LogP contribution in [0.3, 0.4) is 0 Å². The predicted octanol–water partition coefficient (Wildman–Crippen LogP) is 2.03. The molecule has 0 radical (unpaired) electrons. The number of aromatic nitrogens is 2. The van der Waals surface area contributed by atoms with E-state index in [1.165, 1.54) is 0 Å². The van der Waals surface area contributed by atoms with E-state index in [1.54, 1.807) is 0 Å². The van der Waals surface area contributed by atoms with Gasteiger partial charge in [0.15, 0.2) is 16.8 Å². The smallest absolute Gasteiger partial charge is 0.163 e. The largest absolute Gasteiger partial charge is 0.393 e. The molecule has 1 aliphatic rings. The highest BCUT2D eigenvalue weighted by Gasteiger charge is 2.10. The van der Waals surface area contributed by atoms with Gasteiger partial charge in [-0.2, -0.15) is 0 Å². The van der Waals surface area contributed by atoms with Crippen molar-refractivity contribution in [1.29, 1.82) is 0 Å². The van der Waals surface area contributed by atoms with Crippen LogP contribution >= 0.6 is 11.6 Å². The molecule has 1 aromatic heterocycles. The average Bonchev–Trinajstić information content (AvgIpc) is 2.26. The fourth-order valence-corrected chi connectivity index (χ4v) is 1.54. The number of anilines is 2. The molecule has 0 aromatic carbocycles. The third-order valence-electron chi connectivity index (χ3n) is 2.18. The average molecular weight is 223 g/mol. The lowest BCUT2D eigenvalue weighted by atomic mass is 10.1. The van der Waals surface area contributed by atoms with Crippen molar-refractivity contribution in [2.45, 2.75) is 12.8 Å². The Labute approximate surface area is 92.7 Å². The van der Waals surface area contributed by atoms with Crippen molar-refractivity contribution in [2.24, 2.45) is 0 Å². The van der Waals surface area contributed by atoms with E-state index in [9.17, 15) is 0 Å². The lowest BCUT2D eigenvalue weighted by molar-refractivity contribution is 1.03. The van der Waals surface area contributed by atoms with Gasteiger partial charge < -0.3 is 11.5 Å². The molecule has 0 saturated carbocycles. The Bertz CT molecular complexity index is 428. The van der Waals surface area contributed by atoms with Crippen LogP contribution in [0.25, 0.3) is 5.57 Å². The quantitative estimate of drug-likeness (QED) is 0.713. The number of halogens is 1. The predicted molar refractivity (Wildman–Crippen MR) is 62.2 cm³/mol. The summed E-state index contributed by atoms with van der Waals surface area (Å²) in [5, 5.41) is 0.206. The molecule has 2 rings (SSSR count). The van der Waals surface area contributed by atoms with Crippen molar-refractivity contribution in [2.75, 3.05) is 11.5 Å². The zero-order valence-corrected chi connectivity index (χ0v) is 8.83. The molecule has 4 N–H and O–H groups in total. The summed E-state index contributed by atoms with van der Waals surface area (Å²) in [6.45, 7) is 0. The van der Waals surface area contributed by atoms with Gasteiger partial charge in [-0.3, -0.25) is 0 Å². The Kier molecular flexibility index (Phi) is 2.60. The van der Waals surface area contributed by atoms with E-state index in [0.717, 1.165) is 18.4 Å². The number of nitrogens with two attached hydrogens (primary N) is 2. The minimum atomic E-state index is 0.206. The van der Waals surface area contributed by atoms with E-state index >= 15 is 0 Å². The number of rotatable bonds is 1. The lowest BCUT2D eigenvalue weighted by Crippen LogP contribution is -2.04. The van der Waals surface area contributed by atoms with Gasteiger partial charge >= 0.3 is 0 Å². The van der Waals surface area contributed by atoms with Crippen molar-refractivity contribution in [3.8, 4) is 0 Å². The summed E-state index contributed by atoms with van der Waals surface area (Å²) in [6, 6.07) is 0. The molecule has 15 heavy (non-hydrogen) atoms. The molecular weight excluding hydrogens is 212 g/mol. The summed E-state index contributed by atoms with van der Waals surface area (Å²) in [5.41, 5.74) is 12.4. The zero-order valence-electron chi connectivity index (χ0n) is 8.07. The standard InChI is InChI=1S/C10H11ClN4/c11-8-7(12)9(13)15-10(14-8)6-4-2-1-3-5-6/h2,4-5H,1,3,12H2,(H2,13,14,15). The highest BCUT2D eigenvalue weighted by molar-refractivity contribution is 6.32. The van der Waals surface area contributed by atoms with Gasteiger partial charge in [-0.05, 0) is 12.8 Å². The first-order valence-corrected chi connectivity index (χ1v) is 5.02. The lowest BCUT2D eigenvalue weighted by Gasteiger charge is -2.08. The maximum Gasteiger partial charge on any atom is 0.163 e. The van der Waals surface area contributed by atoms with Gasteiger partial charge in [-0.1, -0.05) is 29.8 Å². The third kappa shape index (κ3) is 1.94. The molecule has 4 nitrogen and oxygen atoms in total. The molecule has 0 bridgehead atoms. The topological polar surface area (TPSA) is 77.8 Å². The van der Waals surface area contributed by atoms with Crippen molar-refractivity contribution in [3.05, 3.63) is 29.2 Å². The van der Waals surface area contributed by atoms with Gasteiger partial charge in [0.1, 0.15) is 5.69 Å². The Balaban J connectivity index is 2.45. The van der Waals surface area contributed by atoms with Gasteiger partial charge in [0.05, 0.1) is 0 Å². The summed E-state index contributed by atoms with van der Waals surface area (Å²) in [5.74, 6) is 0.757. The summed E-state index contributed by atoms with van der Waals surface area (Å²) in [6.07, 6.45) is 8.12. The second kappa shape index (κ2) is 3.90. The van der Waals surface area contributed by atoms with Crippen LogP contribution in [0.15, 0.2) is 18.2 Å². The molecule has 0 saturated heterocycles. The molecule has 78 valence electrons. The maximum absolute atomic E-state index is 5.83. The van der Waals surface area contributed by atoms with E-state index in [2.05, 4.69) is 22.1 Å². The van der Waals surface area contributed by atoms with E-state index in [-0.39, 0.29) is 16.7 Å². The van der Waals surface area contributed by atoms with E-state index < -0.39 is 0 Å². The molecule has 1 heterocycles. The number of nitrogens with zero attached hydrogens (tertiary/aromatic N) is 2. The van der Waals surface area contributed by atoms with Gasteiger partial charge in [-0.25, -0.2) is 9.97 Å². The van der Waals surface area contributed by atoms with Gasteiger partial charge in [0.2, 0.25) is 0 Å². The SMILES string of the molecule is Nc1nc(C2=CCCC=C2)nc(Cl)c1N. The van der Waals surface area contributed by atoms with Crippen LogP contribution in [0, 0.1) is 0 Å². The number of hydrogen-bond donors (Lipinski definition) is 2. The van der Waals surface area contributed by atoms with Gasteiger partial charge in [0.25, 0.3) is 0 Å². The summed E-state index contributed by atoms with van der Waals surface area (Å²) >= 11 is 5.83. The molecular formula is C10H11ClN4. The molecule has 0 spiro atoms. The molecule has 0 aliphatic heterocycles.